The highest BCUT2D eigenvalue weighted by Gasteiger charge is 2.21. The molecule has 0 radical (unpaired) electrons. The van der Waals surface area contributed by atoms with Crippen LogP contribution in [0.4, 0.5) is 4.39 Å². The summed E-state index contributed by atoms with van der Waals surface area (Å²) in [6.07, 6.45) is 2.69. The first-order valence-corrected chi connectivity index (χ1v) is 10.2. The summed E-state index contributed by atoms with van der Waals surface area (Å²) in [5.41, 5.74) is 2.20. The Morgan fingerprint density at radius 2 is 1.55 bits per heavy atom. The van der Waals surface area contributed by atoms with Crippen molar-refractivity contribution in [2.75, 3.05) is 6.61 Å². The fourth-order valence-corrected chi connectivity index (χ4v) is 3.51. The molecule has 0 amide bonds. The lowest BCUT2D eigenvalue weighted by Crippen LogP contribution is -2.17. The van der Waals surface area contributed by atoms with Gasteiger partial charge in [0.1, 0.15) is 11.5 Å². The third-order valence-corrected chi connectivity index (χ3v) is 5.21. The van der Waals surface area contributed by atoms with Crippen molar-refractivity contribution < 1.29 is 13.9 Å². The zero-order valence-corrected chi connectivity index (χ0v) is 17.5. The summed E-state index contributed by atoms with van der Waals surface area (Å²) in [6.45, 7) is 7.15. The van der Waals surface area contributed by atoms with Crippen molar-refractivity contribution in [1.82, 2.24) is 0 Å². The van der Waals surface area contributed by atoms with Gasteiger partial charge in [-0.05, 0) is 73.1 Å². The Kier molecular flexibility index (Phi) is 6.92. The first-order valence-electron chi connectivity index (χ1n) is 10.2. The minimum Gasteiger partial charge on any atom is -0.494 e. The van der Waals surface area contributed by atoms with Gasteiger partial charge in [-0.15, -0.1) is 0 Å². The van der Waals surface area contributed by atoms with Crippen molar-refractivity contribution in [3.8, 4) is 17.2 Å². The molecule has 3 heteroatoms. The van der Waals surface area contributed by atoms with E-state index in [0.717, 1.165) is 30.6 Å². The second-order valence-electron chi connectivity index (χ2n) is 7.84. The van der Waals surface area contributed by atoms with Crippen LogP contribution in [0.5, 0.6) is 17.2 Å². The smallest absolute Gasteiger partial charge is 0.166 e. The van der Waals surface area contributed by atoms with Crippen LogP contribution < -0.4 is 9.47 Å². The first-order chi connectivity index (χ1) is 14.0. The van der Waals surface area contributed by atoms with Crippen LogP contribution >= 0.6 is 0 Å². The maximum atomic E-state index is 14.4. The van der Waals surface area contributed by atoms with Gasteiger partial charge in [0.2, 0.25) is 0 Å². The van der Waals surface area contributed by atoms with Gasteiger partial charge in [-0.1, -0.05) is 56.3 Å². The van der Waals surface area contributed by atoms with Gasteiger partial charge in [0.15, 0.2) is 11.6 Å². The largest absolute Gasteiger partial charge is 0.494 e. The highest BCUT2D eigenvalue weighted by molar-refractivity contribution is 5.39. The van der Waals surface area contributed by atoms with Crippen LogP contribution in [0.15, 0.2) is 72.8 Å². The molecule has 0 aliphatic heterocycles. The van der Waals surface area contributed by atoms with E-state index < -0.39 is 0 Å². The van der Waals surface area contributed by atoms with Gasteiger partial charge < -0.3 is 9.47 Å². The molecule has 0 aromatic heterocycles. The Morgan fingerprint density at radius 3 is 2.24 bits per heavy atom. The third kappa shape index (κ3) is 5.60. The van der Waals surface area contributed by atoms with Crippen molar-refractivity contribution in [3.63, 3.8) is 0 Å². The minimum absolute atomic E-state index is 0.0263. The Labute approximate surface area is 173 Å². The molecule has 0 N–H and O–H groups in total. The number of halogens is 1. The minimum atomic E-state index is -0.322. The molecular formula is C26H29FO2. The maximum absolute atomic E-state index is 14.4. The van der Waals surface area contributed by atoms with E-state index in [-0.39, 0.29) is 11.2 Å². The molecular weight excluding hydrogens is 363 g/mol. The van der Waals surface area contributed by atoms with Crippen molar-refractivity contribution in [3.05, 3.63) is 89.7 Å². The van der Waals surface area contributed by atoms with E-state index in [4.69, 9.17) is 9.47 Å². The maximum Gasteiger partial charge on any atom is 0.166 e. The van der Waals surface area contributed by atoms with E-state index in [1.807, 2.05) is 55.5 Å². The van der Waals surface area contributed by atoms with Gasteiger partial charge in [-0.3, -0.25) is 0 Å². The lowest BCUT2D eigenvalue weighted by atomic mass is 9.80. The van der Waals surface area contributed by atoms with E-state index in [1.54, 1.807) is 6.07 Å². The fraction of sp³-hybridized carbons (Fsp3) is 0.308. The van der Waals surface area contributed by atoms with Crippen LogP contribution in [0, 0.1) is 5.82 Å². The van der Waals surface area contributed by atoms with Crippen molar-refractivity contribution >= 4 is 0 Å². The summed E-state index contributed by atoms with van der Waals surface area (Å²) in [4.78, 5) is 0. The number of hydrogen-bond acceptors (Lipinski definition) is 2. The first kappa shape index (κ1) is 20.9. The number of aryl methyl sites for hydroxylation is 1. The van der Waals surface area contributed by atoms with Gasteiger partial charge in [-0.25, -0.2) is 4.39 Å². The Bertz CT molecular complexity index is 902. The number of hydrogen-bond donors (Lipinski definition) is 0. The van der Waals surface area contributed by atoms with Crippen molar-refractivity contribution in [2.24, 2.45) is 0 Å². The fourth-order valence-electron chi connectivity index (χ4n) is 3.51. The summed E-state index contributed by atoms with van der Waals surface area (Å²) >= 11 is 0. The SMILES string of the molecule is CCOc1ccc(C(C)(C)CCCc2cccc(F)c2Oc2ccccc2)cc1. The summed E-state index contributed by atoms with van der Waals surface area (Å²) in [5.74, 6) is 1.55. The molecule has 0 heterocycles. The zero-order valence-electron chi connectivity index (χ0n) is 17.5. The molecule has 3 rings (SSSR count). The van der Waals surface area contributed by atoms with Crippen LogP contribution in [-0.4, -0.2) is 6.61 Å². The second-order valence-corrected chi connectivity index (χ2v) is 7.84. The molecule has 2 nitrogen and oxygen atoms in total. The van der Waals surface area contributed by atoms with Gasteiger partial charge in [0.05, 0.1) is 6.61 Å². The highest BCUT2D eigenvalue weighted by atomic mass is 19.1. The van der Waals surface area contributed by atoms with Gasteiger partial charge in [-0.2, -0.15) is 0 Å². The van der Waals surface area contributed by atoms with Crippen molar-refractivity contribution in [1.29, 1.82) is 0 Å². The number of benzene rings is 3. The molecule has 0 unspecified atom stereocenters. The lowest BCUT2D eigenvalue weighted by Gasteiger charge is -2.26. The average Bonchev–Trinajstić information content (AvgIpc) is 2.72. The van der Waals surface area contributed by atoms with E-state index in [2.05, 4.69) is 26.0 Å². The van der Waals surface area contributed by atoms with E-state index in [0.29, 0.717) is 18.1 Å². The Morgan fingerprint density at radius 1 is 0.828 bits per heavy atom. The molecule has 3 aromatic rings. The molecule has 0 atom stereocenters. The molecule has 0 saturated carbocycles. The van der Waals surface area contributed by atoms with E-state index in [9.17, 15) is 4.39 Å². The summed E-state index contributed by atoms with van der Waals surface area (Å²) in [6, 6.07) is 22.8. The Balaban J connectivity index is 1.66. The average molecular weight is 393 g/mol. The summed E-state index contributed by atoms with van der Waals surface area (Å²) in [5, 5.41) is 0. The topological polar surface area (TPSA) is 18.5 Å². The molecule has 0 bridgehead atoms. The van der Waals surface area contributed by atoms with E-state index in [1.165, 1.54) is 11.6 Å². The lowest BCUT2D eigenvalue weighted by molar-refractivity contribution is 0.339. The number of rotatable bonds is 9. The predicted molar refractivity (Wildman–Crippen MR) is 116 cm³/mol. The molecule has 0 saturated heterocycles. The molecule has 0 fully saturated rings. The monoisotopic (exact) mass is 392 g/mol. The highest BCUT2D eigenvalue weighted by Crippen LogP contribution is 2.33. The molecule has 3 aromatic carbocycles. The second kappa shape index (κ2) is 9.60. The standard InChI is InChI=1S/C26H29FO2/c1-4-28-22-17-15-21(16-18-22)26(2,3)19-9-11-20-10-8-14-24(27)25(20)29-23-12-6-5-7-13-23/h5-8,10,12-18H,4,9,11,19H2,1-3H3. The molecule has 29 heavy (non-hydrogen) atoms. The molecule has 152 valence electrons. The molecule has 0 aliphatic carbocycles. The van der Waals surface area contributed by atoms with Gasteiger partial charge >= 0.3 is 0 Å². The zero-order chi connectivity index (χ0) is 20.7. The van der Waals surface area contributed by atoms with Crippen LogP contribution in [0.3, 0.4) is 0 Å². The molecule has 0 spiro atoms. The van der Waals surface area contributed by atoms with Gasteiger partial charge in [0, 0.05) is 0 Å². The van der Waals surface area contributed by atoms with Crippen LogP contribution in [0.1, 0.15) is 44.7 Å². The van der Waals surface area contributed by atoms with Crippen LogP contribution in [-0.2, 0) is 11.8 Å². The normalized spacial score (nSPS) is 11.3. The Hall–Kier alpha value is -2.81. The van der Waals surface area contributed by atoms with E-state index >= 15 is 0 Å². The number of ether oxygens (including phenoxy) is 2. The van der Waals surface area contributed by atoms with Crippen LogP contribution in [0.2, 0.25) is 0 Å². The van der Waals surface area contributed by atoms with Gasteiger partial charge in [0.25, 0.3) is 0 Å². The van der Waals surface area contributed by atoms with Crippen molar-refractivity contribution in [2.45, 2.75) is 45.4 Å². The summed E-state index contributed by atoms with van der Waals surface area (Å²) in [7, 11) is 0. The third-order valence-electron chi connectivity index (χ3n) is 5.21. The number of para-hydroxylation sites is 2. The molecule has 0 aliphatic rings. The van der Waals surface area contributed by atoms with Crippen LogP contribution in [0.25, 0.3) is 0 Å². The summed E-state index contributed by atoms with van der Waals surface area (Å²) < 4.78 is 25.8. The predicted octanol–water partition coefficient (Wildman–Crippen LogP) is 7.32. The quantitative estimate of drug-likeness (QED) is 0.380.